The van der Waals surface area contributed by atoms with Crippen molar-refractivity contribution in [3.8, 4) is 22.9 Å². The fourth-order valence-electron chi connectivity index (χ4n) is 2.54. The van der Waals surface area contributed by atoms with Gasteiger partial charge in [-0.2, -0.15) is 4.68 Å². The molecule has 0 aliphatic carbocycles. The Kier molecular flexibility index (Phi) is 6.99. The van der Waals surface area contributed by atoms with Crippen LogP contribution in [0, 0.1) is 0 Å². The summed E-state index contributed by atoms with van der Waals surface area (Å²) < 4.78 is 17.8. The normalized spacial score (nSPS) is 10.4. The Labute approximate surface area is 168 Å². The van der Waals surface area contributed by atoms with Crippen molar-refractivity contribution < 1.29 is 19.0 Å². The second-order valence-corrected chi connectivity index (χ2v) is 5.90. The molecule has 0 aliphatic rings. The van der Waals surface area contributed by atoms with E-state index in [0.29, 0.717) is 24.8 Å². The molecule has 29 heavy (non-hydrogen) atoms. The molecule has 0 atom stereocenters. The minimum Gasteiger partial charge on any atom is -0.494 e. The molecule has 3 aromatic rings. The van der Waals surface area contributed by atoms with Gasteiger partial charge in [0.05, 0.1) is 25.4 Å². The summed E-state index contributed by atoms with van der Waals surface area (Å²) in [4.78, 5) is 12.1. The lowest BCUT2D eigenvalue weighted by Gasteiger charge is -2.09. The zero-order chi connectivity index (χ0) is 20.5. The number of amides is 1. The second-order valence-electron chi connectivity index (χ2n) is 5.90. The van der Waals surface area contributed by atoms with Crippen molar-refractivity contribution in [2.24, 2.45) is 0 Å². The third kappa shape index (κ3) is 5.68. The molecular weight excluding hydrogens is 374 g/mol. The number of ether oxygens (including phenoxy) is 3. The number of aromatic nitrogens is 4. The van der Waals surface area contributed by atoms with Gasteiger partial charge in [0, 0.05) is 0 Å². The molecular formula is C20H23N5O4. The van der Waals surface area contributed by atoms with Gasteiger partial charge in [0.25, 0.3) is 5.91 Å². The van der Waals surface area contributed by atoms with E-state index in [1.54, 1.807) is 28.9 Å². The van der Waals surface area contributed by atoms with Crippen LogP contribution in [0.15, 0.2) is 48.5 Å². The Balaban J connectivity index is 1.51. The highest BCUT2D eigenvalue weighted by Gasteiger charge is 2.11. The third-order valence-corrected chi connectivity index (χ3v) is 3.87. The molecule has 0 bridgehead atoms. The second kappa shape index (κ2) is 10.1. The summed E-state index contributed by atoms with van der Waals surface area (Å²) in [6, 6.07) is 14.5. The van der Waals surface area contributed by atoms with Crippen molar-refractivity contribution in [2.45, 2.75) is 20.4 Å². The van der Waals surface area contributed by atoms with Crippen molar-refractivity contribution in [3.63, 3.8) is 0 Å². The van der Waals surface area contributed by atoms with Gasteiger partial charge in [-0.3, -0.25) is 4.79 Å². The minimum atomic E-state index is -0.278. The van der Waals surface area contributed by atoms with Gasteiger partial charge >= 0.3 is 0 Å². The monoisotopic (exact) mass is 397 g/mol. The number of hydrogen-bond donors (Lipinski definition) is 1. The zero-order valence-corrected chi connectivity index (χ0v) is 16.4. The van der Waals surface area contributed by atoms with Gasteiger partial charge in [-0.15, -0.1) is 5.10 Å². The van der Waals surface area contributed by atoms with Crippen LogP contribution in [0.3, 0.4) is 0 Å². The first kappa shape index (κ1) is 20.1. The van der Waals surface area contributed by atoms with Gasteiger partial charge in [-0.25, -0.2) is 0 Å². The largest absolute Gasteiger partial charge is 0.494 e. The van der Waals surface area contributed by atoms with Crippen molar-refractivity contribution in [3.05, 3.63) is 54.4 Å². The predicted molar refractivity (Wildman–Crippen MR) is 105 cm³/mol. The average Bonchev–Trinajstić information content (AvgIpc) is 3.21. The molecule has 2 aromatic carbocycles. The first-order valence-electron chi connectivity index (χ1n) is 9.32. The number of hydrogen-bond acceptors (Lipinski definition) is 7. The quantitative estimate of drug-likeness (QED) is 0.559. The summed E-state index contributed by atoms with van der Waals surface area (Å²) in [5.74, 6) is 2.34. The first-order chi connectivity index (χ1) is 14.2. The van der Waals surface area contributed by atoms with Crippen molar-refractivity contribution in [1.29, 1.82) is 0 Å². The van der Waals surface area contributed by atoms with Crippen molar-refractivity contribution in [2.75, 3.05) is 19.8 Å². The van der Waals surface area contributed by atoms with Crippen LogP contribution in [0.5, 0.6) is 17.2 Å². The molecule has 0 fully saturated rings. The summed E-state index contributed by atoms with van der Waals surface area (Å²) in [5.41, 5.74) is 0.772. The summed E-state index contributed by atoms with van der Waals surface area (Å²) in [6.45, 7) is 5.10. The average molecular weight is 397 g/mol. The first-order valence-corrected chi connectivity index (χ1v) is 9.32. The molecule has 0 saturated carbocycles. The number of tetrazole rings is 1. The van der Waals surface area contributed by atoms with E-state index in [1.165, 1.54) is 0 Å². The minimum absolute atomic E-state index is 0.112. The lowest BCUT2D eigenvalue weighted by atomic mass is 10.3. The maximum Gasteiger partial charge on any atom is 0.258 e. The highest BCUT2D eigenvalue weighted by atomic mass is 16.5. The van der Waals surface area contributed by atoms with Gasteiger partial charge in [0.1, 0.15) is 17.2 Å². The molecule has 1 heterocycles. The van der Waals surface area contributed by atoms with E-state index >= 15 is 0 Å². The lowest BCUT2D eigenvalue weighted by molar-refractivity contribution is -0.123. The molecule has 0 radical (unpaired) electrons. The number of rotatable bonds is 10. The molecule has 152 valence electrons. The molecule has 0 aliphatic heterocycles. The smallest absolute Gasteiger partial charge is 0.258 e. The van der Waals surface area contributed by atoms with E-state index in [2.05, 4.69) is 20.8 Å². The summed E-state index contributed by atoms with van der Waals surface area (Å²) in [6.07, 6.45) is 0. The fourth-order valence-corrected chi connectivity index (χ4v) is 2.54. The van der Waals surface area contributed by atoms with Crippen LogP contribution in [-0.2, 0) is 11.3 Å². The zero-order valence-electron chi connectivity index (χ0n) is 16.4. The van der Waals surface area contributed by atoms with E-state index in [-0.39, 0.29) is 19.1 Å². The third-order valence-electron chi connectivity index (χ3n) is 3.87. The van der Waals surface area contributed by atoms with E-state index in [1.807, 2.05) is 38.1 Å². The molecule has 0 spiro atoms. The van der Waals surface area contributed by atoms with Gasteiger partial charge in [0.2, 0.25) is 0 Å². The van der Waals surface area contributed by atoms with Crippen LogP contribution in [-0.4, -0.2) is 45.9 Å². The Morgan fingerprint density at radius 3 is 2.03 bits per heavy atom. The Morgan fingerprint density at radius 1 is 0.897 bits per heavy atom. The van der Waals surface area contributed by atoms with Crippen molar-refractivity contribution in [1.82, 2.24) is 25.5 Å². The number of nitrogens with zero attached hydrogens (tertiary/aromatic N) is 4. The standard InChI is InChI=1S/C20H23N5O4/c1-3-27-16-7-5-15(6-8-16)25-19(22-23-24-25)13-21-20(26)14-29-18-11-9-17(10-12-18)28-4-2/h5-12H,3-4,13-14H2,1-2H3,(H,21,26). The Bertz CT molecular complexity index is 909. The summed E-state index contributed by atoms with van der Waals surface area (Å²) in [5, 5.41) is 14.4. The van der Waals surface area contributed by atoms with Crippen LogP contribution in [0.25, 0.3) is 5.69 Å². The van der Waals surface area contributed by atoms with E-state index in [0.717, 1.165) is 17.2 Å². The van der Waals surface area contributed by atoms with Gasteiger partial charge in [0.15, 0.2) is 12.4 Å². The Hall–Kier alpha value is -3.62. The maximum atomic E-state index is 12.1. The number of benzene rings is 2. The molecule has 1 N–H and O–H groups in total. The van der Waals surface area contributed by atoms with Crippen LogP contribution in [0.2, 0.25) is 0 Å². The van der Waals surface area contributed by atoms with E-state index < -0.39 is 0 Å². The van der Waals surface area contributed by atoms with Gasteiger partial charge < -0.3 is 19.5 Å². The van der Waals surface area contributed by atoms with E-state index in [9.17, 15) is 4.79 Å². The molecule has 1 aromatic heterocycles. The number of carbonyl (C=O) groups excluding carboxylic acids is 1. The molecule has 9 heteroatoms. The topological polar surface area (TPSA) is 100 Å². The maximum absolute atomic E-state index is 12.1. The Morgan fingerprint density at radius 2 is 1.45 bits per heavy atom. The highest BCUT2D eigenvalue weighted by Crippen LogP contribution is 2.17. The lowest BCUT2D eigenvalue weighted by Crippen LogP contribution is -2.29. The van der Waals surface area contributed by atoms with Crippen LogP contribution >= 0.6 is 0 Å². The van der Waals surface area contributed by atoms with Gasteiger partial charge in [-0.05, 0) is 72.8 Å². The molecule has 1 amide bonds. The fraction of sp³-hybridized carbons (Fsp3) is 0.300. The van der Waals surface area contributed by atoms with Crippen LogP contribution in [0.1, 0.15) is 19.7 Å². The highest BCUT2D eigenvalue weighted by molar-refractivity contribution is 5.77. The molecule has 9 nitrogen and oxygen atoms in total. The number of carbonyl (C=O) groups is 1. The summed E-state index contributed by atoms with van der Waals surface area (Å²) in [7, 11) is 0. The van der Waals surface area contributed by atoms with Crippen molar-refractivity contribution >= 4 is 5.91 Å². The SMILES string of the molecule is CCOc1ccc(OCC(=O)NCc2nnnn2-c2ccc(OCC)cc2)cc1. The summed E-state index contributed by atoms with van der Waals surface area (Å²) >= 11 is 0. The van der Waals surface area contributed by atoms with E-state index in [4.69, 9.17) is 14.2 Å². The van der Waals surface area contributed by atoms with Crippen LogP contribution < -0.4 is 19.5 Å². The number of nitrogens with one attached hydrogen (secondary N) is 1. The molecule has 0 saturated heterocycles. The van der Waals surface area contributed by atoms with Gasteiger partial charge in [-0.1, -0.05) is 0 Å². The molecule has 0 unspecified atom stereocenters. The molecule has 3 rings (SSSR count). The predicted octanol–water partition coefficient (Wildman–Crippen LogP) is 2.15. The van der Waals surface area contributed by atoms with Crippen LogP contribution in [0.4, 0.5) is 0 Å².